The summed E-state index contributed by atoms with van der Waals surface area (Å²) in [7, 11) is 0. The molecular weight excluding hydrogens is 461 g/mol. The highest BCUT2D eigenvalue weighted by molar-refractivity contribution is 9.13. The zero-order chi connectivity index (χ0) is 14.0. The van der Waals surface area contributed by atoms with Crippen molar-refractivity contribution in [3.8, 4) is 0 Å². The van der Waals surface area contributed by atoms with E-state index in [0.717, 1.165) is 20.4 Å². The molecule has 0 saturated carbocycles. The Labute approximate surface area is 141 Å². The molecule has 1 atom stereocenters. The predicted molar refractivity (Wildman–Crippen MR) is 89.3 cm³/mol. The van der Waals surface area contributed by atoms with Crippen molar-refractivity contribution in [2.24, 2.45) is 0 Å². The van der Waals surface area contributed by atoms with Crippen LogP contribution in [0.1, 0.15) is 23.4 Å². The highest BCUT2D eigenvalue weighted by Gasteiger charge is 2.18. The summed E-state index contributed by atoms with van der Waals surface area (Å²) in [5.74, 6) is -0.243. The minimum atomic E-state index is -0.243. The van der Waals surface area contributed by atoms with Crippen molar-refractivity contribution in [3.63, 3.8) is 0 Å². The van der Waals surface area contributed by atoms with Gasteiger partial charge in [0.05, 0.1) is 14.3 Å². The maximum Gasteiger partial charge on any atom is 0.137 e. The van der Waals surface area contributed by atoms with E-state index in [0.29, 0.717) is 4.47 Å². The lowest BCUT2D eigenvalue weighted by Gasteiger charge is -2.17. The quantitative estimate of drug-likeness (QED) is 0.587. The largest absolute Gasteiger partial charge is 0.306 e. The highest BCUT2D eigenvalue weighted by Crippen LogP contribution is 2.38. The molecule has 2 aromatic rings. The summed E-state index contributed by atoms with van der Waals surface area (Å²) in [6.07, 6.45) is 0. The highest BCUT2D eigenvalue weighted by atomic mass is 79.9. The fraction of sp³-hybridized carbons (Fsp3) is 0.231. The van der Waals surface area contributed by atoms with E-state index in [-0.39, 0.29) is 11.9 Å². The van der Waals surface area contributed by atoms with Crippen LogP contribution >= 0.6 is 59.1 Å². The number of hydrogen-bond acceptors (Lipinski definition) is 2. The third kappa shape index (κ3) is 3.67. The van der Waals surface area contributed by atoms with Gasteiger partial charge in [0.25, 0.3) is 0 Å². The second-order valence-electron chi connectivity index (χ2n) is 3.93. The Hall–Kier alpha value is 0.250. The van der Waals surface area contributed by atoms with Gasteiger partial charge in [-0.15, -0.1) is 11.3 Å². The molecule has 0 fully saturated rings. The summed E-state index contributed by atoms with van der Waals surface area (Å²) in [5, 5.41) is 3.43. The van der Waals surface area contributed by atoms with E-state index in [9.17, 15) is 4.39 Å². The van der Waals surface area contributed by atoms with Crippen molar-refractivity contribution in [1.29, 1.82) is 0 Å². The first-order valence-corrected chi connectivity index (χ1v) is 8.85. The van der Waals surface area contributed by atoms with Crippen LogP contribution < -0.4 is 5.32 Å². The molecule has 0 aliphatic carbocycles. The smallest absolute Gasteiger partial charge is 0.137 e. The fourth-order valence-electron chi connectivity index (χ4n) is 1.78. The number of nitrogens with one attached hydrogen (secondary N) is 1. The summed E-state index contributed by atoms with van der Waals surface area (Å²) in [4.78, 5) is 1.18. The number of halogens is 4. The molecule has 1 aromatic carbocycles. The van der Waals surface area contributed by atoms with E-state index in [2.05, 4.69) is 66.1 Å². The Morgan fingerprint density at radius 1 is 1.21 bits per heavy atom. The first-order valence-electron chi connectivity index (χ1n) is 5.66. The van der Waals surface area contributed by atoms with E-state index in [4.69, 9.17) is 0 Å². The first-order chi connectivity index (χ1) is 9.02. The summed E-state index contributed by atoms with van der Waals surface area (Å²) in [5.41, 5.74) is 1.04. The lowest BCUT2D eigenvalue weighted by atomic mass is 10.1. The van der Waals surface area contributed by atoms with Crippen LogP contribution in [0.5, 0.6) is 0 Å². The van der Waals surface area contributed by atoms with Gasteiger partial charge in [-0.05, 0) is 78.1 Å². The molecule has 19 heavy (non-hydrogen) atoms. The van der Waals surface area contributed by atoms with Crippen molar-refractivity contribution in [2.45, 2.75) is 13.0 Å². The fourth-order valence-corrected chi connectivity index (χ4v) is 4.37. The number of hydrogen-bond donors (Lipinski definition) is 1. The first kappa shape index (κ1) is 15.6. The molecule has 1 heterocycles. The Balaban J connectivity index is 2.41. The lowest BCUT2D eigenvalue weighted by Crippen LogP contribution is -2.21. The minimum absolute atomic E-state index is 0.0644. The molecule has 0 bridgehead atoms. The minimum Gasteiger partial charge on any atom is -0.306 e. The van der Waals surface area contributed by atoms with Crippen molar-refractivity contribution in [1.82, 2.24) is 5.32 Å². The van der Waals surface area contributed by atoms with E-state index in [1.807, 2.05) is 12.1 Å². The Bertz CT molecular complexity index is 566. The third-order valence-corrected chi connectivity index (χ3v) is 6.56. The summed E-state index contributed by atoms with van der Waals surface area (Å²) in [6, 6.07) is 7.27. The van der Waals surface area contributed by atoms with Gasteiger partial charge < -0.3 is 5.32 Å². The number of rotatable bonds is 4. The van der Waals surface area contributed by atoms with Crippen LogP contribution in [0.4, 0.5) is 4.39 Å². The van der Waals surface area contributed by atoms with Gasteiger partial charge in [-0.2, -0.15) is 0 Å². The zero-order valence-corrected chi connectivity index (χ0v) is 15.6. The van der Waals surface area contributed by atoms with Crippen molar-refractivity contribution >= 4 is 59.1 Å². The second kappa shape index (κ2) is 6.80. The van der Waals surface area contributed by atoms with Crippen molar-refractivity contribution in [2.75, 3.05) is 6.54 Å². The van der Waals surface area contributed by atoms with Crippen LogP contribution in [0.2, 0.25) is 0 Å². The van der Waals surface area contributed by atoms with Crippen LogP contribution in [0.25, 0.3) is 0 Å². The molecule has 6 heteroatoms. The molecule has 1 N–H and O–H groups in total. The predicted octanol–water partition coefficient (Wildman–Crippen LogP) is 5.87. The molecule has 0 amide bonds. The van der Waals surface area contributed by atoms with Gasteiger partial charge in [0.15, 0.2) is 0 Å². The van der Waals surface area contributed by atoms with Gasteiger partial charge in [-0.3, -0.25) is 0 Å². The Morgan fingerprint density at radius 2 is 1.95 bits per heavy atom. The van der Waals surface area contributed by atoms with Gasteiger partial charge in [0, 0.05) is 9.35 Å². The van der Waals surface area contributed by atoms with Crippen LogP contribution in [0.3, 0.4) is 0 Å². The normalized spacial score (nSPS) is 12.7. The summed E-state index contributed by atoms with van der Waals surface area (Å²) >= 11 is 11.9. The summed E-state index contributed by atoms with van der Waals surface area (Å²) in [6.45, 7) is 2.90. The van der Waals surface area contributed by atoms with E-state index in [1.54, 1.807) is 11.3 Å². The van der Waals surface area contributed by atoms with Gasteiger partial charge in [0.1, 0.15) is 5.82 Å². The van der Waals surface area contributed by atoms with Crippen LogP contribution in [0, 0.1) is 5.82 Å². The number of thiophene rings is 1. The molecule has 1 aromatic heterocycles. The van der Waals surface area contributed by atoms with Crippen LogP contribution in [-0.4, -0.2) is 6.54 Å². The maximum atomic E-state index is 13.3. The van der Waals surface area contributed by atoms with Crippen molar-refractivity contribution in [3.05, 3.63) is 53.3 Å². The van der Waals surface area contributed by atoms with Gasteiger partial charge >= 0.3 is 0 Å². The van der Waals surface area contributed by atoms with E-state index < -0.39 is 0 Å². The molecule has 0 aliphatic rings. The van der Waals surface area contributed by atoms with Gasteiger partial charge in [-0.25, -0.2) is 4.39 Å². The van der Waals surface area contributed by atoms with Gasteiger partial charge in [-0.1, -0.05) is 13.0 Å². The Kier molecular flexibility index (Phi) is 5.60. The zero-order valence-electron chi connectivity index (χ0n) is 10.0. The standard InChI is InChI=1S/C13H11Br3FNS/c1-2-18-12(11-6-9(15)13(16)19-11)7-3-4-10(17)8(14)5-7/h3-6,12,18H,2H2,1H3. The molecular formula is C13H11Br3FNS. The van der Waals surface area contributed by atoms with E-state index >= 15 is 0 Å². The summed E-state index contributed by atoms with van der Waals surface area (Å²) < 4.78 is 15.9. The average molecular weight is 472 g/mol. The molecule has 0 saturated heterocycles. The Morgan fingerprint density at radius 3 is 2.47 bits per heavy atom. The molecule has 1 unspecified atom stereocenters. The SMILES string of the molecule is CCNC(c1ccc(F)c(Br)c1)c1cc(Br)c(Br)s1. The lowest BCUT2D eigenvalue weighted by molar-refractivity contribution is 0.611. The van der Waals surface area contributed by atoms with E-state index in [1.165, 1.54) is 10.9 Å². The van der Waals surface area contributed by atoms with Gasteiger partial charge in [0.2, 0.25) is 0 Å². The molecule has 0 radical (unpaired) electrons. The maximum absolute atomic E-state index is 13.3. The second-order valence-corrected chi connectivity index (χ2v) is 8.04. The molecule has 1 nitrogen and oxygen atoms in total. The topological polar surface area (TPSA) is 12.0 Å². The van der Waals surface area contributed by atoms with Crippen molar-refractivity contribution < 1.29 is 4.39 Å². The third-order valence-electron chi connectivity index (χ3n) is 2.63. The molecule has 0 aliphatic heterocycles. The average Bonchev–Trinajstić information content (AvgIpc) is 2.70. The molecule has 102 valence electrons. The molecule has 2 rings (SSSR count). The van der Waals surface area contributed by atoms with Crippen LogP contribution in [-0.2, 0) is 0 Å². The number of benzene rings is 1. The monoisotopic (exact) mass is 469 g/mol. The molecule has 0 spiro atoms. The van der Waals surface area contributed by atoms with Crippen LogP contribution in [0.15, 0.2) is 37.0 Å².